The predicted molar refractivity (Wildman–Crippen MR) is 64.2 cm³/mol. The van der Waals surface area contributed by atoms with E-state index >= 15 is 0 Å². The van der Waals surface area contributed by atoms with Gasteiger partial charge in [0.25, 0.3) is 0 Å². The van der Waals surface area contributed by atoms with Crippen molar-refractivity contribution in [1.29, 1.82) is 0 Å². The van der Waals surface area contributed by atoms with Crippen molar-refractivity contribution in [2.45, 2.75) is 19.9 Å². The van der Waals surface area contributed by atoms with Gasteiger partial charge in [0.15, 0.2) is 0 Å². The van der Waals surface area contributed by atoms with Crippen molar-refractivity contribution in [3.8, 4) is 5.75 Å². The molecule has 0 bridgehead atoms. The van der Waals surface area contributed by atoms with Crippen LogP contribution in [0.3, 0.4) is 0 Å². The van der Waals surface area contributed by atoms with Crippen molar-refractivity contribution in [3.05, 3.63) is 22.2 Å². The van der Waals surface area contributed by atoms with Gasteiger partial charge in [0.1, 0.15) is 12.4 Å². The summed E-state index contributed by atoms with van der Waals surface area (Å²) in [4.78, 5) is 0. The van der Waals surface area contributed by atoms with E-state index in [9.17, 15) is 0 Å². The van der Waals surface area contributed by atoms with Crippen molar-refractivity contribution in [2.24, 2.45) is 5.92 Å². The minimum atomic E-state index is 0.328. The standard InChI is InChI=1S/C11H13Cl2NO/c1-6(2)10-5-15-11-4-8(13)7(12)3-9(11)14-10/h3-4,6,10,14H,5H2,1-2H3. The van der Waals surface area contributed by atoms with Gasteiger partial charge in [-0.25, -0.2) is 0 Å². The summed E-state index contributed by atoms with van der Waals surface area (Å²) in [5.74, 6) is 1.30. The second-order valence-electron chi connectivity index (χ2n) is 4.07. The van der Waals surface area contributed by atoms with E-state index in [0.29, 0.717) is 28.6 Å². The largest absolute Gasteiger partial charge is 0.489 e. The number of nitrogens with one attached hydrogen (secondary N) is 1. The number of hydrogen-bond donors (Lipinski definition) is 1. The molecule has 1 heterocycles. The van der Waals surface area contributed by atoms with Crippen LogP contribution >= 0.6 is 23.2 Å². The van der Waals surface area contributed by atoms with Gasteiger partial charge >= 0.3 is 0 Å². The van der Waals surface area contributed by atoms with E-state index in [2.05, 4.69) is 19.2 Å². The highest BCUT2D eigenvalue weighted by Crippen LogP contribution is 2.37. The molecule has 0 spiro atoms. The molecule has 0 radical (unpaired) electrons. The Morgan fingerprint density at radius 3 is 2.67 bits per heavy atom. The highest BCUT2D eigenvalue weighted by molar-refractivity contribution is 6.42. The first-order valence-electron chi connectivity index (χ1n) is 4.96. The Balaban J connectivity index is 2.30. The summed E-state index contributed by atoms with van der Waals surface area (Å²) in [6, 6.07) is 3.89. The Morgan fingerprint density at radius 2 is 2.00 bits per heavy atom. The Bertz CT molecular complexity index is 379. The highest BCUT2D eigenvalue weighted by atomic mass is 35.5. The van der Waals surface area contributed by atoms with Gasteiger partial charge in [-0.05, 0) is 12.0 Å². The Morgan fingerprint density at radius 1 is 1.33 bits per heavy atom. The maximum absolute atomic E-state index is 5.95. The molecule has 0 aromatic heterocycles. The van der Waals surface area contributed by atoms with Gasteiger partial charge in [0.2, 0.25) is 0 Å². The number of rotatable bonds is 1. The SMILES string of the molecule is CC(C)C1COc2cc(Cl)c(Cl)cc2N1. The Kier molecular flexibility index (Phi) is 2.98. The second-order valence-corrected chi connectivity index (χ2v) is 4.88. The molecule has 0 saturated carbocycles. The van der Waals surface area contributed by atoms with Crippen LogP contribution in [0.1, 0.15) is 13.8 Å². The molecule has 15 heavy (non-hydrogen) atoms. The van der Waals surface area contributed by atoms with E-state index in [0.717, 1.165) is 11.4 Å². The zero-order chi connectivity index (χ0) is 11.0. The Hall–Kier alpha value is -0.600. The molecule has 1 unspecified atom stereocenters. The minimum Gasteiger partial charge on any atom is -0.489 e. The fourth-order valence-electron chi connectivity index (χ4n) is 1.54. The topological polar surface area (TPSA) is 21.3 Å². The molecular formula is C11H13Cl2NO. The summed E-state index contributed by atoms with van der Waals surface area (Å²) >= 11 is 11.9. The van der Waals surface area contributed by atoms with Crippen LogP contribution in [0.2, 0.25) is 10.0 Å². The van der Waals surface area contributed by atoms with E-state index in [1.54, 1.807) is 6.07 Å². The fraction of sp³-hybridized carbons (Fsp3) is 0.455. The highest BCUT2D eigenvalue weighted by Gasteiger charge is 2.22. The van der Waals surface area contributed by atoms with Gasteiger partial charge in [-0.1, -0.05) is 37.0 Å². The molecule has 1 aromatic carbocycles. The molecule has 0 aliphatic carbocycles. The van der Waals surface area contributed by atoms with E-state index in [4.69, 9.17) is 27.9 Å². The third-order valence-corrected chi connectivity index (χ3v) is 3.31. The smallest absolute Gasteiger partial charge is 0.144 e. The molecule has 2 rings (SSSR count). The number of halogens is 2. The van der Waals surface area contributed by atoms with Crippen molar-refractivity contribution in [3.63, 3.8) is 0 Å². The maximum Gasteiger partial charge on any atom is 0.144 e. The molecule has 0 fully saturated rings. The van der Waals surface area contributed by atoms with Gasteiger partial charge < -0.3 is 10.1 Å². The van der Waals surface area contributed by atoms with Crippen LogP contribution in [-0.2, 0) is 0 Å². The van der Waals surface area contributed by atoms with E-state index in [-0.39, 0.29) is 0 Å². The normalized spacial score (nSPS) is 19.4. The lowest BCUT2D eigenvalue weighted by atomic mass is 10.0. The van der Waals surface area contributed by atoms with Gasteiger partial charge in [0, 0.05) is 6.07 Å². The predicted octanol–water partition coefficient (Wildman–Crippen LogP) is 3.82. The number of anilines is 1. The molecular weight excluding hydrogens is 233 g/mol. The van der Waals surface area contributed by atoms with E-state index in [1.165, 1.54) is 0 Å². The summed E-state index contributed by atoms with van der Waals surface area (Å²) < 4.78 is 5.63. The lowest BCUT2D eigenvalue weighted by Crippen LogP contribution is -2.35. The average molecular weight is 246 g/mol. The number of fused-ring (bicyclic) bond motifs is 1. The summed E-state index contributed by atoms with van der Waals surface area (Å²) in [7, 11) is 0. The molecule has 4 heteroatoms. The second kappa shape index (κ2) is 4.11. The van der Waals surface area contributed by atoms with Gasteiger partial charge in [-0.3, -0.25) is 0 Å². The van der Waals surface area contributed by atoms with Gasteiger partial charge in [-0.2, -0.15) is 0 Å². The van der Waals surface area contributed by atoms with E-state index < -0.39 is 0 Å². The van der Waals surface area contributed by atoms with Crippen LogP contribution in [0.4, 0.5) is 5.69 Å². The quantitative estimate of drug-likeness (QED) is 0.813. The first-order chi connectivity index (χ1) is 7.08. The number of benzene rings is 1. The van der Waals surface area contributed by atoms with Crippen molar-refractivity contribution in [2.75, 3.05) is 11.9 Å². The van der Waals surface area contributed by atoms with Crippen LogP contribution in [0, 0.1) is 5.92 Å². The van der Waals surface area contributed by atoms with Crippen LogP contribution in [0.25, 0.3) is 0 Å². The first kappa shape index (κ1) is 10.9. The van der Waals surface area contributed by atoms with Gasteiger partial charge in [-0.15, -0.1) is 0 Å². The first-order valence-corrected chi connectivity index (χ1v) is 5.72. The molecule has 2 nitrogen and oxygen atoms in total. The van der Waals surface area contributed by atoms with Crippen molar-refractivity contribution >= 4 is 28.9 Å². The lowest BCUT2D eigenvalue weighted by molar-refractivity contribution is 0.257. The van der Waals surface area contributed by atoms with Crippen LogP contribution in [0.15, 0.2) is 12.1 Å². The molecule has 1 aliphatic heterocycles. The number of hydrogen-bond acceptors (Lipinski definition) is 2. The molecule has 82 valence electrons. The van der Waals surface area contributed by atoms with Crippen LogP contribution in [-0.4, -0.2) is 12.6 Å². The molecule has 1 aromatic rings. The monoisotopic (exact) mass is 245 g/mol. The Labute approximate surface area is 99.5 Å². The fourth-order valence-corrected chi connectivity index (χ4v) is 1.86. The summed E-state index contributed by atoms with van der Waals surface area (Å²) in [6.07, 6.45) is 0. The van der Waals surface area contributed by atoms with Crippen LogP contribution < -0.4 is 10.1 Å². The summed E-state index contributed by atoms with van der Waals surface area (Å²) in [5.41, 5.74) is 0.925. The number of ether oxygens (including phenoxy) is 1. The molecule has 1 N–H and O–H groups in total. The molecule has 1 atom stereocenters. The maximum atomic E-state index is 5.95. The van der Waals surface area contributed by atoms with Crippen molar-refractivity contribution < 1.29 is 4.74 Å². The molecule has 1 aliphatic rings. The average Bonchev–Trinajstić information content (AvgIpc) is 2.19. The zero-order valence-electron chi connectivity index (χ0n) is 8.68. The third-order valence-electron chi connectivity index (χ3n) is 2.59. The van der Waals surface area contributed by atoms with Gasteiger partial charge in [0.05, 0.1) is 21.8 Å². The van der Waals surface area contributed by atoms with Crippen LogP contribution in [0.5, 0.6) is 5.75 Å². The summed E-state index contributed by atoms with van der Waals surface area (Å²) in [6.45, 7) is 4.98. The minimum absolute atomic E-state index is 0.328. The molecule has 0 saturated heterocycles. The summed E-state index contributed by atoms with van der Waals surface area (Å²) in [5, 5.41) is 4.48. The zero-order valence-corrected chi connectivity index (χ0v) is 10.2. The van der Waals surface area contributed by atoms with Crippen molar-refractivity contribution in [1.82, 2.24) is 0 Å². The lowest BCUT2D eigenvalue weighted by Gasteiger charge is -2.30. The van der Waals surface area contributed by atoms with E-state index in [1.807, 2.05) is 6.07 Å². The third kappa shape index (κ3) is 2.16. The molecule has 0 amide bonds.